The molecule has 5 heteroatoms. The first-order valence-corrected chi connectivity index (χ1v) is 12.1. The molecule has 2 unspecified atom stereocenters. The molecule has 31 heavy (non-hydrogen) atoms. The third kappa shape index (κ3) is 6.06. The molecule has 0 saturated heterocycles. The highest BCUT2D eigenvalue weighted by Crippen LogP contribution is 2.41. The van der Waals surface area contributed by atoms with Crippen LogP contribution in [0.25, 0.3) is 5.57 Å². The number of carboxylic acid groups (broad SMARTS) is 1. The Bertz CT molecular complexity index is 952. The van der Waals surface area contributed by atoms with Crippen molar-refractivity contribution in [3.63, 3.8) is 0 Å². The number of aromatic carboxylic acids is 1. The molecule has 1 aliphatic rings. The summed E-state index contributed by atoms with van der Waals surface area (Å²) in [6.07, 6.45) is 8.31. The van der Waals surface area contributed by atoms with Crippen molar-refractivity contribution in [1.29, 1.82) is 5.26 Å². The lowest BCUT2D eigenvalue weighted by Crippen LogP contribution is -2.02. The van der Waals surface area contributed by atoms with Gasteiger partial charge in [0.05, 0.1) is 12.2 Å². The van der Waals surface area contributed by atoms with Crippen LogP contribution in [0.3, 0.4) is 0 Å². The molecule has 3 rings (SSSR count). The fraction of sp³-hybridized carbons (Fsp3) is 0.462. The van der Waals surface area contributed by atoms with Crippen LogP contribution in [-0.4, -0.2) is 16.2 Å². The van der Waals surface area contributed by atoms with Gasteiger partial charge in [0.2, 0.25) is 0 Å². The van der Waals surface area contributed by atoms with Gasteiger partial charge in [-0.2, -0.15) is 5.26 Å². The number of thiophene rings is 1. The van der Waals surface area contributed by atoms with E-state index < -0.39 is 12.1 Å². The Labute approximate surface area is 188 Å². The molecule has 1 aromatic heterocycles. The number of carboxylic acids is 1. The number of aliphatic hydroxyl groups excluding tert-OH is 1. The van der Waals surface area contributed by atoms with Gasteiger partial charge >= 0.3 is 5.97 Å². The van der Waals surface area contributed by atoms with Gasteiger partial charge in [-0.05, 0) is 73.3 Å². The number of nitriles is 1. The third-order valence-corrected chi connectivity index (χ3v) is 7.28. The van der Waals surface area contributed by atoms with Crippen molar-refractivity contribution in [2.45, 2.75) is 70.8 Å². The third-order valence-electron chi connectivity index (χ3n) is 6.15. The van der Waals surface area contributed by atoms with Gasteiger partial charge in [0.1, 0.15) is 4.88 Å². The van der Waals surface area contributed by atoms with Crippen LogP contribution in [0.5, 0.6) is 0 Å². The summed E-state index contributed by atoms with van der Waals surface area (Å²) >= 11 is 1.35. The highest BCUT2D eigenvalue weighted by atomic mass is 32.1. The molecule has 0 aliphatic heterocycles. The van der Waals surface area contributed by atoms with E-state index in [1.165, 1.54) is 11.3 Å². The average molecular weight is 438 g/mol. The smallest absolute Gasteiger partial charge is 0.345 e. The van der Waals surface area contributed by atoms with Gasteiger partial charge in [0.15, 0.2) is 0 Å². The summed E-state index contributed by atoms with van der Waals surface area (Å²) in [5.74, 6) is -0.510. The van der Waals surface area contributed by atoms with Gasteiger partial charge in [-0.3, -0.25) is 0 Å². The summed E-state index contributed by atoms with van der Waals surface area (Å²) in [4.78, 5) is 12.5. The number of nitrogens with zero attached hydrogens (tertiary/aromatic N) is 1. The molecule has 1 aromatic carbocycles. The largest absolute Gasteiger partial charge is 0.477 e. The Balaban J connectivity index is 1.63. The van der Waals surface area contributed by atoms with Crippen LogP contribution in [0, 0.1) is 17.2 Å². The minimum atomic E-state index is -0.866. The topological polar surface area (TPSA) is 81.3 Å². The highest BCUT2D eigenvalue weighted by molar-refractivity contribution is 7.13. The number of carbonyl (C=O) groups is 1. The number of allylic oxidation sites excluding steroid dienone is 2. The van der Waals surface area contributed by atoms with Gasteiger partial charge in [0, 0.05) is 10.5 Å². The molecule has 0 amide bonds. The first-order chi connectivity index (χ1) is 15.0. The number of hydrogen-bond acceptors (Lipinski definition) is 4. The predicted octanol–water partition coefficient (Wildman–Crippen LogP) is 6.77. The van der Waals surface area contributed by atoms with Crippen LogP contribution < -0.4 is 0 Å². The maximum Gasteiger partial charge on any atom is 0.345 e. The van der Waals surface area contributed by atoms with E-state index in [9.17, 15) is 15.2 Å². The molecular weight excluding hydrogens is 406 g/mol. The molecule has 164 valence electrons. The monoisotopic (exact) mass is 437 g/mol. The number of hydrogen-bond donors (Lipinski definition) is 2. The first kappa shape index (κ1) is 23.2. The van der Waals surface area contributed by atoms with Gasteiger partial charge in [-0.15, -0.1) is 11.3 Å². The van der Waals surface area contributed by atoms with E-state index in [0.29, 0.717) is 10.8 Å². The fourth-order valence-corrected chi connectivity index (χ4v) is 5.34. The van der Waals surface area contributed by atoms with E-state index in [4.69, 9.17) is 5.11 Å². The van der Waals surface area contributed by atoms with Crippen LogP contribution in [0.2, 0.25) is 0 Å². The second kappa shape index (κ2) is 11.3. The number of unbranched alkanes of at least 4 members (excludes halogenated alkanes) is 2. The van der Waals surface area contributed by atoms with Gasteiger partial charge in [-0.25, -0.2) is 4.79 Å². The minimum absolute atomic E-state index is 0.355. The van der Waals surface area contributed by atoms with Crippen molar-refractivity contribution >= 4 is 22.9 Å². The zero-order valence-corrected chi connectivity index (χ0v) is 19.0. The van der Waals surface area contributed by atoms with Crippen molar-refractivity contribution in [1.82, 2.24) is 0 Å². The summed E-state index contributed by atoms with van der Waals surface area (Å²) in [6.45, 7) is 2.16. The molecule has 0 spiro atoms. The Morgan fingerprint density at radius 2 is 1.97 bits per heavy atom. The summed E-state index contributed by atoms with van der Waals surface area (Å²) in [7, 11) is 0. The molecule has 2 N–H and O–H groups in total. The maximum atomic E-state index is 11.1. The number of aryl methyl sites for hydroxylation is 1. The number of benzene rings is 1. The van der Waals surface area contributed by atoms with Crippen LogP contribution in [-0.2, 0) is 6.42 Å². The number of rotatable bonds is 11. The van der Waals surface area contributed by atoms with Crippen molar-refractivity contribution < 1.29 is 15.0 Å². The maximum absolute atomic E-state index is 11.1. The van der Waals surface area contributed by atoms with Gasteiger partial charge < -0.3 is 10.2 Å². The Morgan fingerprint density at radius 3 is 2.61 bits per heavy atom. The summed E-state index contributed by atoms with van der Waals surface area (Å²) in [5, 5.41) is 29.1. The molecule has 0 bridgehead atoms. The molecule has 4 nitrogen and oxygen atoms in total. The van der Waals surface area contributed by atoms with E-state index in [2.05, 4.69) is 25.1 Å². The van der Waals surface area contributed by atoms with Crippen molar-refractivity contribution in [2.24, 2.45) is 5.92 Å². The first-order valence-electron chi connectivity index (χ1n) is 11.3. The molecular formula is C26H31NO3S. The Morgan fingerprint density at radius 1 is 1.19 bits per heavy atom. The quantitative estimate of drug-likeness (QED) is 0.380. The van der Waals surface area contributed by atoms with Crippen LogP contribution in [0.15, 0.2) is 42.0 Å². The van der Waals surface area contributed by atoms with Crippen LogP contribution in [0.4, 0.5) is 0 Å². The van der Waals surface area contributed by atoms with E-state index >= 15 is 0 Å². The van der Waals surface area contributed by atoms with Crippen molar-refractivity contribution in [3.8, 4) is 6.07 Å². The predicted molar refractivity (Wildman–Crippen MR) is 125 cm³/mol. The molecule has 0 saturated carbocycles. The molecule has 0 radical (unpaired) electrons. The second-order valence-corrected chi connectivity index (χ2v) is 9.50. The molecule has 0 fully saturated rings. The summed E-state index contributed by atoms with van der Waals surface area (Å²) in [6, 6.07) is 14.1. The standard InChI is InChI=1S/C26H31NO3S/c1-2-3-4-8-23(28)18-9-11-20(12-10-18)25-19(13-14-21(25)17-27)6-5-7-22-15-16-24(31-22)26(29)30/h9-12,15-16,19,23,28H,2-8,13-14H2,1H3,(H,29,30). The van der Waals surface area contributed by atoms with Crippen LogP contribution in [0.1, 0.15) is 90.1 Å². The second-order valence-electron chi connectivity index (χ2n) is 8.34. The molecule has 2 aromatic rings. The van der Waals surface area contributed by atoms with Crippen molar-refractivity contribution in [2.75, 3.05) is 0 Å². The lowest BCUT2D eigenvalue weighted by atomic mass is 9.88. The fourth-order valence-electron chi connectivity index (χ4n) is 4.45. The van der Waals surface area contributed by atoms with E-state index in [-0.39, 0.29) is 0 Å². The van der Waals surface area contributed by atoms with E-state index in [1.54, 1.807) is 6.07 Å². The molecule has 1 aliphatic carbocycles. The lowest BCUT2D eigenvalue weighted by Gasteiger charge is -2.17. The minimum Gasteiger partial charge on any atom is -0.477 e. The zero-order chi connectivity index (χ0) is 22.2. The van der Waals surface area contributed by atoms with E-state index in [1.807, 2.05) is 18.2 Å². The SMILES string of the molecule is CCCCCC(O)c1ccc(C2=C(C#N)CCC2CCCc2ccc(C(=O)O)s2)cc1. The highest BCUT2D eigenvalue weighted by Gasteiger charge is 2.26. The summed E-state index contributed by atoms with van der Waals surface area (Å²) in [5.41, 5.74) is 4.07. The summed E-state index contributed by atoms with van der Waals surface area (Å²) < 4.78 is 0. The van der Waals surface area contributed by atoms with E-state index in [0.717, 1.165) is 84.9 Å². The van der Waals surface area contributed by atoms with Gasteiger partial charge in [-0.1, -0.05) is 50.5 Å². The Hall–Kier alpha value is -2.42. The lowest BCUT2D eigenvalue weighted by molar-refractivity contribution is 0.0702. The zero-order valence-electron chi connectivity index (χ0n) is 18.1. The normalized spacial score (nSPS) is 17.0. The molecule has 2 atom stereocenters. The Kier molecular flexibility index (Phi) is 8.45. The average Bonchev–Trinajstić information content (AvgIpc) is 3.41. The van der Waals surface area contributed by atoms with Crippen LogP contribution >= 0.6 is 11.3 Å². The van der Waals surface area contributed by atoms with Gasteiger partial charge in [0.25, 0.3) is 0 Å². The molecule has 1 heterocycles. The van der Waals surface area contributed by atoms with Crippen molar-refractivity contribution in [3.05, 3.63) is 62.9 Å². The number of aliphatic hydroxyl groups is 1.